The molecule has 1 aliphatic heterocycles. The third-order valence-electron chi connectivity index (χ3n) is 6.01. The van der Waals surface area contributed by atoms with Crippen molar-refractivity contribution in [1.29, 1.82) is 0 Å². The van der Waals surface area contributed by atoms with E-state index in [1.165, 1.54) is 9.75 Å². The highest BCUT2D eigenvalue weighted by Crippen LogP contribution is 2.30. The van der Waals surface area contributed by atoms with Crippen LogP contribution in [0.25, 0.3) is 10.4 Å². The summed E-state index contributed by atoms with van der Waals surface area (Å²) in [5.41, 5.74) is 1.12. The van der Waals surface area contributed by atoms with Gasteiger partial charge in [0, 0.05) is 47.5 Å². The summed E-state index contributed by atoms with van der Waals surface area (Å²) >= 11 is 7.86. The molecule has 2 aliphatic rings. The fourth-order valence-corrected chi connectivity index (χ4v) is 7.32. The number of carbonyl (C=O) groups is 1. The van der Waals surface area contributed by atoms with Gasteiger partial charge in [-0.25, -0.2) is 8.42 Å². The van der Waals surface area contributed by atoms with Crippen molar-refractivity contribution in [2.75, 3.05) is 31.9 Å². The van der Waals surface area contributed by atoms with E-state index in [1.54, 1.807) is 16.2 Å². The lowest BCUT2D eigenvalue weighted by molar-refractivity contribution is -0.130. The molecule has 2 heterocycles. The number of nitrogens with zero attached hydrogens (tertiary/aromatic N) is 2. The lowest BCUT2D eigenvalue weighted by Gasteiger charge is -2.34. The molecule has 5 nitrogen and oxygen atoms in total. The Morgan fingerprint density at radius 2 is 1.80 bits per heavy atom. The van der Waals surface area contributed by atoms with Gasteiger partial charge in [0.05, 0.1) is 5.25 Å². The zero-order valence-electron chi connectivity index (χ0n) is 16.9. The van der Waals surface area contributed by atoms with E-state index in [0.29, 0.717) is 25.9 Å². The Hall–Kier alpha value is -1.41. The molecule has 0 spiro atoms. The number of halogens is 1. The molecule has 1 aromatic heterocycles. The van der Waals surface area contributed by atoms with Gasteiger partial charge in [0.1, 0.15) is 5.75 Å². The first-order valence-electron chi connectivity index (χ1n) is 10.5. The Morgan fingerprint density at radius 3 is 2.50 bits per heavy atom. The van der Waals surface area contributed by atoms with Crippen molar-refractivity contribution in [3.63, 3.8) is 0 Å². The van der Waals surface area contributed by atoms with E-state index in [1.807, 2.05) is 18.2 Å². The van der Waals surface area contributed by atoms with E-state index in [-0.39, 0.29) is 16.9 Å². The van der Waals surface area contributed by atoms with E-state index in [2.05, 4.69) is 23.1 Å². The third-order valence-corrected chi connectivity index (χ3v) is 9.50. The molecular formula is C22H27ClN2O3S2. The lowest BCUT2D eigenvalue weighted by atomic mass is 10.2. The molecule has 162 valence electrons. The van der Waals surface area contributed by atoms with Crippen LogP contribution in [0.4, 0.5) is 0 Å². The van der Waals surface area contributed by atoms with E-state index in [9.17, 15) is 13.2 Å². The standard InChI is InChI=1S/C22H27ClN2O3S2/c23-18-5-3-4-17(14-18)21-9-8-19(29-21)15-24-10-12-25(13-11-24)22(26)16-30(27,28)20-6-1-2-7-20/h3-5,8-9,14,20H,1-2,6-7,10-13,15-16H2. The van der Waals surface area contributed by atoms with Gasteiger partial charge in [0.25, 0.3) is 0 Å². The molecule has 1 aromatic carbocycles. The molecule has 1 amide bonds. The van der Waals surface area contributed by atoms with E-state index < -0.39 is 9.84 Å². The fraction of sp³-hybridized carbons (Fsp3) is 0.500. The van der Waals surface area contributed by atoms with Gasteiger partial charge in [0.2, 0.25) is 5.91 Å². The molecule has 0 atom stereocenters. The molecule has 1 saturated carbocycles. The number of hydrogen-bond donors (Lipinski definition) is 0. The van der Waals surface area contributed by atoms with E-state index >= 15 is 0 Å². The quantitative estimate of drug-likeness (QED) is 0.643. The molecule has 0 bridgehead atoms. The monoisotopic (exact) mass is 466 g/mol. The molecule has 0 N–H and O–H groups in total. The van der Waals surface area contributed by atoms with Gasteiger partial charge in [-0.2, -0.15) is 0 Å². The van der Waals surface area contributed by atoms with Crippen LogP contribution in [0.15, 0.2) is 36.4 Å². The first-order valence-corrected chi connectivity index (χ1v) is 13.4. The third kappa shape index (κ3) is 5.25. The number of carbonyl (C=O) groups excluding carboxylic acids is 1. The van der Waals surface area contributed by atoms with E-state index in [4.69, 9.17) is 11.6 Å². The van der Waals surface area contributed by atoms with Crippen molar-refractivity contribution in [2.45, 2.75) is 37.5 Å². The SMILES string of the molecule is O=C(CS(=O)(=O)C1CCCC1)N1CCN(Cc2ccc(-c3cccc(Cl)c3)s2)CC1. The highest BCUT2D eigenvalue weighted by Gasteiger charge is 2.33. The van der Waals surface area contributed by atoms with Crippen LogP contribution in [0.2, 0.25) is 5.02 Å². The highest BCUT2D eigenvalue weighted by molar-refractivity contribution is 7.92. The Balaban J connectivity index is 1.28. The Bertz CT molecular complexity index is 991. The minimum absolute atomic E-state index is 0.235. The topological polar surface area (TPSA) is 57.7 Å². The van der Waals surface area contributed by atoms with Gasteiger partial charge in [-0.05, 0) is 42.7 Å². The summed E-state index contributed by atoms with van der Waals surface area (Å²) < 4.78 is 24.9. The van der Waals surface area contributed by atoms with Gasteiger partial charge in [-0.3, -0.25) is 9.69 Å². The molecule has 8 heteroatoms. The number of piperazine rings is 1. The van der Waals surface area contributed by atoms with E-state index in [0.717, 1.165) is 43.1 Å². The summed E-state index contributed by atoms with van der Waals surface area (Å²) in [5.74, 6) is -0.563. The minimum atomic E-state index is -3.31. The zero-order chi connectivity index (χ0) is 21.1. The summed E-state index contributed by atoms with van der Waals surface area (Å²) in [6.45, 7) is 3.55. The van der Waals surface area contributed by atoms with Crippen molar-refractivity contribution in [3.05, 3.63) is 46.3 Å². The summed E-state index contributed by atoms with van der Waals surface area (Å²) in [4.78, 5) is 19.0. The maximum absolute atomic E-state index is 12.5. The second kappa shape index (κ2) is 9.39. The molecule has 0 radical (unpaired) electrons. The van der Waals surface area contributed by atoms with Crippen molar-refractivity contribution in [1.82, 2.24) is 9.80 Å². The maximum atomic E-state index is 12.5. The van der Waals surface area contributed by atoms with Crippen LogP contribution >= 0.6 is 22.9 Å². The van der Waals surface area contributed by atoms with Gasteiger partial charge in [-0.1, -0.05) is 36.6 Å². The number of sulfone groups is 1. The van der Waals surface area contributed by atoms with Crippen LogP contribution in [-0.4, -0.2) is 61.3 Å². The number of benzene rings is 1. The average Bonchev–Trinajstić information content (AvgIpc) is 3.41. The summed E-state index contributed by atoms with van der Waals surface area (Å²) in [6.07, 6.45) is 3.33. The molecule has 2 aromatic rings. The number of thiophene rings is 1. The van der Waals surface area contributed by atoms with Crippen molar-refractivity contribution >= 4 is 38.7 Å². The molecule has 0 unspecified atom stereocenters. The number of hydrogen-bond acceptors (Lipinski definition) is 5. The first kappa shape index (κ1) is 21.8. The minimum Gasteiger partial charge on any atom is -0.339 e. The molecule has 30 heavy (non-hydrogen) atoms. The van der Waals surface area contributed by atoms with Crippen LogP contribution in [0, 0.1) is 0 Å². The van der Waals surface area contributed by atoms with Crippen LogP contribution in [0.5, 0.6) is 0 Å². The van der Waals surface area contributed by atoms with Crippen molar-refractivity contribution in [3.8, 4) is 10.4 Å². The first-order chi connectivity index (χ1) is 14.4. The summed E-state index contributed by atoms with van der Waals surface area (Å²) in [7, 11) is -3.31. The van der Waals surface area contributed by atoms with Crippen molar-refractivity contribution < 1.29 is 13.2 Å². The second-order valence-electron chi connectivity index (χ2n) is 8.15. The molecule has 1 saturated heterocycles. The van der Waals surface area contributed by atoms with Gasteiger partial charge < -0.3 is 4.90 Å². The van der Waals surface area contributed by atoms with Gasteiger partial charge >= 0.3 is 0 Å². The lowest BCUT2D eigenvalue weighted by Crippen LogP contribution is -2.50. The number of amides is 1. The largest absolute Gasteiger partial charge is 0.339 e. The van der Waals surface area contributed by atoms with Crippen molar-refractivity contribution in [2.24, 2.45) is 0 Å². The Labute approximate surface area is 187 Å². The Morgan fingerprint density at radius 1 is 1.07 bits per heavy atom. The normalized spacial score (nSPS) is 18.8. The predicted molar refractivity (Wildman–Crippen MR) is 123 cm³/mol. The fourth-order valence-electron chi connectivity index (χ4n) is 4.26. The zero-order valence-corrected chi connectivity index (χ0v) is 19.3. The van der Waals surface area contributed by atoms with Crippen LogP contribution < -0.4 is 0 Å². The van der Waals surface area contributed by atoms with Crippen LogP contribution in [0.1, 0.15) is 30.6 Å². The molecule has 2 fully saturated rings. The molecule has 1 aliphatic carbocycles. The van der Waals surface area contributed by atoms with Crippen LogP contribution in [-0.2, 0) is 21.2 Å². The highest BCUT2D eigenvalue weighted by atomic mass is 35.5. The average molecular weight is 467 g/mol. The van der Waals surface area contributed by atoms with Gasteiger partial charge in [-0.15, -0.1) is 11.3 Å². The number of rotatable bonds is 6. The summed E-state index contributed by atoms with van der Waals surface area (Å²) in [6, 6.07) is 12.1. The maximum Gasteiger partial charge on any atom is 0.237 e. The smallest absolute Gasteiger partial charge is 0.237 e. The summed E-state index contributed by atoms with van der Waals surface area (Å²) in [5, 5.41) is 0.424. The Kier molecular flexibility index (Phi) is 6.82. The van der Waals surface area contributed by atoms with Gasteiger partial charge in [0.15, 0.2) is 9.84 Å². The predicted octanol–water partition coefficient (Wildman–Crippen LogP) is 4.07. The van der Waals surface area contributed by atoms with Crippen LogP contribution in [0.3, 0.4) is 0 Å². The second-order valence-corrected chi connectivity index (χ2v) is 12.0. The molecule has 4 rings (SSSR count). The molecular weight excluding hydrogens is 440 g/mol.